The van der Waals surface area contributed by atoms with Gasteiger partial charge in [0.15, 0.2) is 5.11 Å². The number of halogens is 2. The van der Waals surface area contributed by atoms with E-state index in [0.717, 1.165) is 16.9 Å². The summed E-state index contributed by atoms with van der Waals surface area (Å²) in [5.74, 6) is 1.20. The lowest BCUT2D eigenvalue weighted by molar-refractivity contribution is -0.116. The van der Waals surface area contributed by atoms with Crippen LogP contribution in [0.25, 0.3) is 11.3 Å². The van der Waals surface area contributed by atoms with E-state index in [9.17, 15) is 4.79 Å². The van der Waals surface area contributed by atoms with Crippen LogP contribution < -0.4 is 10.6 Å². The zero-order valence-electron chi connectivity index (χ0n) is 19.0. The van der Waals surface area contributed by atoms with Crippen molar-refractivity contribution < 1.29 is 9.21 Å². The molecular weight excluding hydrogens is 515 g/mol. The van der Waals surface area contributed by atoms with Crippen molar-refractivity contribution in [3.8, 4) is 11.3 Å². The van der Waals surface area contributed by atoms with Gasteiger partial charge in [-0.2, -0.15) is 0 Å². The summed E-state index contributed by atoms with van der Waals surface area (Å²) in [6, 6.07) is 23.6. The van der Waals surface area contributed by atoms with Crippen molar-refractivity contribution in [2.75, 3.05) is 11.9 Å². The molecule has 1 amide bonds. The molecular formula is C27H22Cl2N4O2S. The predicted molar refractivity (Wildman–Crippen MR) is 146 cm³/mol. The number of hydrogen-bond donors (Lipinski definition) is 2. The van der Waals surface area contributed by atoms with E-state index >= 15 is 0 Å². The summed E-state index contributed by atoms with van der Waals surface area (Å²) in [4.78, 5) is 19.2. The molecule has 0 aliphatic carbocycles. The van der Waals surface area contributed by atoms with E-state index in [1.54, 1.807) is 18.3 Å². The van der Waals surface area contributed by atoms with Gasteiger partial charge in [-0.15, -0.1) is 0 Å². The number of para-hydroxylation sites is 1. The first-order valence-electron chi connectivity index (χ1n) is 11.4. The lowest BCUT2D eigenvalue weighted by atomic mass is 10.0. The van der Waals surface area contributed by atoms with Gasteiger partial charge < -0.3 is 20.0 Å². The molecule has 36 heavy (non-hydrogen) atoms. The highest BCUT2D eigenvalue weighted by atomic mass is 35.5. The maximum absolute atomic E-state index is 12.7. The molecule has 0 bridgehead atoms. The number of nitrogens with one attached hydrogen (secondary N) is 2. The molecule has 0 spiro atoms. The van der Waals surface area contributed by atoms with Crippen molar-refractivity contribution >= 4 is 52.1 Å². The number of nitrogens with zero attached hydrogens (tertiary/aromatic N) is 2. The number of carbonyl (C=O) groups excluding carboxylic acids is 1. The molecule has 1 saturated heterocycles. The molecule has 2 atom stereocenters. The second kappa shape index (κ2) is 10.7. The quantitative estimate of drug-likeness (QED) is 0.257. The highest BCUT2D eigenvalue weighted by molar-refractivity contribution is 7.80. The van der Waals surface area contributed by atoms with Gasteiger partial charge in [0.2, 0.25) is 5.91 Å². The molecule has 1 aliphatic heterocycles. The molecule has 0 radical (unpaired) electrons. The second-order valence-electron chi connectivity index (χ2n) is 8.31. The summed E-state index contributed by atoms with van der Waals surface area (Å²) < 4.78 is 6.31. The number of aromatic nitrogens is 1. The maximum atomic E-state index is 12.7. The number of anilines is 1. The second-order valence-corrected chi connectivity index (χ2v) is 9.54. The Kier molecular flexibility index (Phi) is 7.23. The standard InChI is InChI=1S/C27H22Cl2N4O2S/c28-17-9-10-19(20(29)16-17)22-11-12-23(35-22)26-25(21-8-4-5-14-30-21)32-27(36)33(26)15-13-24(34)31-18-6-2-1-3-7-18/h1-12,14,16,25-26H,13,15H2,(H,31,34)(H,32,36)/t25-,26-/m1/s1. The molecule has 1 aliphatic rings. The number of benzene rings is 2. The number of rotatable bonds is 7. The molecule has 2 N–H and O–H groups in total. The minimum atomic E-state index is -0.309. The minimum Gasteiger partial charge on any atom is -0.459 e. The van der Waals surface area contributed by atoms with Crippen molar-refractivity contribution in [3.63, 3.8) is 0 Å². The van der Waals surface area contributed by atoms with Crippen LogP contribution >= 0.6 is 35.4 Å². The lowest BCUT2D eigenvalue weighted by Crippen LogP contribution is -2.32. The van der Waals surface area contributed by atoms with Crippen molar-refractivity contribution in [2.24, 2.45) is 0 Å². The van der Waals surface area contributed by atoms with E-state index in [4.69, 9.17) is 39.8 Å². The summed E-state index contributed by atoms with van der Waals surface area (Å²) in [6.45, 7) is 0.399. The normalized spacial score (nSPS) is 17.2. The molecule has 0 unspecified atom stereocenters. The molecule has 9 heteroatoms. The Morgan fingerprint density at radius 1 is 1.06 bits per heavy atom. The number of hydrogen-bond acceptors (Lipinski definition) is 4. The smallest absolute Gasteiger partial charge is 0.226 e. The van der Waals surface area contributed by atoms with Crippen LogP contribution in [0.3, 0.4) is 0 Å². The largest absolute Gasteiger partial charge is 0.459 e. The highest BCUT2D eigenvalue weighted by Crippen LogP contribution is 2.41. The van der Waals surface area contributed by atoms with E-state index in [2.05, 4.69) is 15.6 Å². The number of pyridine rings is 1. The van der Waals surface area contributed by atoms with Gasteiger partial charge in [-0.25, -0.2) is 0 Å². The lowest BCUT2D eigenvalue weighted by Gasteiger charge is -2.25. The Morgan fingerprint density at radius 2 is 1.86 bits per heavy atom. The fourth-order valence-electron chi connectivity index (χ4n) is 4.27. The van der Waals surface area contributed by atoms with E-state index in [1.807, 2.05) is 71.6 Å². The summed E-state index contributed by atoms with van der Waals surface area (Å²) in [5.41, 5.74) is 2.32. The molecule has 2 aromatic heterocycles. The average Bonchev–Trinajstić information content (AvgIpc) is 3.48. The van der Waals surface area contributed by atoms with E-state index in [1.165, 1.54) is 0 Å². The minimum absolute atomic E-state index is 0.0999. The summed E-state index contributed by atoms with van der Waals surface area (Å²) in [7, 11) is 0. The Bertz CT molecular complexity index is 1380. The summed E-state index contributed by atoms with van der Waals surface area (Å²) in [6.07, 6.45) is 1.99. The fraction of sp³-hybridized carbons (Fsp3) is 0.148. The van der Waals surface area contributed by atoms with Crippen molar-refractivity contribution in [1.82, 2.24) is 15.2 Å². The monoisotopic (exact) mass is 536 g/mol. The van der Waals surface area contributed by atoms with Crippen molar-refractivity contribution in [3.05, 3.63) is 107 Å². The molecule has 1 fully saturated rings. The molecule has 2 aromatic carbocycles. The highest BCUT2D eigenvalue weighted by Gasteiger charge is 2.41. The Morgan fingerprint density at radius 3 is 2.61 bits per heavy atom. The van der Waals surface area contributed by atoms with Gasteiger partial charge in [0, 0.05) is 35.4 Å². The van der Waals surface area contributed by atoms with Gasteiger partial charge in [0.05, 0.1) is 16.8 Å². The number of carbonyl (C=O) groups is 1. The van der Waals surface area contributed by atoms with Gasteiger partial charge in [0.25, 0.3) is 0 Å². The summed E-state index contributed by atoms with van der Waals surface area (Å²) >= 11 is 18.2. The predicted octanol–water partition coefficient (Wildman–Crippen LogP) is 6.65. The zero-order valence-corrected chi connectivity index (χ0v) is 21.4. The zero-order chi connectivity index (χ0) is 25.1. The van der Waals surface area contributed by atoms with E-state index < -0.39 is 0 Å². The van der Waals surface area contributed by atoms with Crippen LogP contribution in [0.1, 0.15) is 30.0 Å². The van der Waals surface area contributed by atoms with Crippen LogP contribution in [0.5, 0.6) is 0 Å². The van der Waals surface area contributed by atoms with E-state index in [-0.39, 0.29) is 24.4 Å². The maximum Gasteiger partial charge on any atom is 0.226 e. The third-order valence-corrected chi connectivity index (χ3v) is 6.85. The first kappa shape index (κ1) is 24.3. The molecule has 4 aromatic rings. The Labute approximate surface area is 224 Å². The molecule has 5 rings (SSSR count). The van der Waals surface area contributed by atoms with E-state index in [0.29, 0.717) is 33.2 Å². The number of amides is 1. The number of furan rings is 1. The van der Waals surface area contributed by atoms with Crippen LogP contribution in [0, 0.1) is 0 Å². The third-order valence-electron chi connectivity index (χ3n) is 5.95. The molecule has 3 heterocycles. The third kappa shape index (κ3) is 5.23. The SMILES string of the molecule is O=C(CCN1C(=S)N[C@H](c2ccccn2)[C@H]1c1ccc(-c2ccc(Cl)cc2Cl)o1)Nc1ccccc1. The average molecular weight is 537 g/mol. The Balaban J connectivity index is 1.42. The van der Waals surface area contributed by atoms with Crippen LogP contribution in [0.15, 0.2) is 89.5 Å². The first-order valence-corrected chi connectivity index (χ1v) is 12.5. The Hall–Kier alpha value is -3.39. The topological polar surface area (TPSA) is 70.4 Å². The fourth-order valence-corrected chi connectivity index (χ4v) is 5.10. The van der Waals surface area contributed by atoms with Gasteiger partial charge in [-0.05, 0) is 66.8 Å². The van der Waals surface area contributed by atoms with Crippen molar-refractivity contribution in [1.29, 1.82) is 0 Å². The van der Waals surface area contributed by atoms with Crippen LogP contribution in [0.2, 0.25) is 10.0 Å². The van der Waals surface area contributed by atoms with Gasteiger partial charge in [0.1, 0.15) is 17.6 Å². The molecule has 182 valence electrons. The summed E-state index contributed by atoms with van der Waals surface area (Å²) in [5, 5.41) is 7.88. The van der Waals surface area contributed by atoms with Gasteiger partial charge in [-0.1, -0.05) is 47.5 Å². The van der Waals surface area contributed by atoms with Crippen LogP contribution in [0.4, 0.5) is 5.69 Å². The van der Waals surface area contributed by atoms with Gasteiger partial charge in [-0.3, -0.25) is 9.78 Å². The van der Waals surface area contributed by atoms with Crippen molar-refractivity contribution in [2.45, 2.75) is 18.5 Å². The molecule has 0 saturated carbocycles. The molecule has 6 nitrogen and oxygen atoms in total. The number of thiocarbonyl (C=S) groups is 1. The van der Waals surface area contributed by atoms with Crippen LogP contribution in [-0.2, 0) is 4.79 Å². The van der Waals surface area contributed by atoms with Crippen LogP contribution in [-0.4, -0.2) is 27.4 Å². The van der Waals surface area contributed by atoms with Gasteiger partial charge >= 0.3 is 0 Å². The first-order chi connectivity index (χ1) is 17.5.